The molecule has 0 aliphatic carbocycles. The van der Waals surface area contributed by atoms with Gasteiger partial charge in [0.05, 0.1) is 6.54 Å². The van der Waals surface area contributed by atoms with Crippen LogP contribution in [0, 0.1) is 0 Å². The predicted octanol–water partition coefficient (Wildman–Crippen LogP) is 1.91. The molecule has 0 aliphatic rings. The van der Waals surface area contributed by atoms with Gasteiger partial charge in [0, 0.05) is 25.5 Å². The highest BCUT2D eigenvalue weighted by atomic mass is 35.5. The van der Waals surface area contributed by atoms with Gasteiger partial charge in [-0.1, -0.05) is 0 Å². The van der Waals surface area contributed by atoms with Crippen molar-refractivity contribution < 1.29 is 14.3 Å². The first-order chi connectivity index (χ1) is 7.74. The maximum atomic E-state index is 11.4. The molecule has 0 radical (unpaired) electrons. The summed E-state index contributed by atoms with van der Waals surface area (Å²) in [5, 5.41) is 2.78. The number of amides is 1. The van der Waals surface area contributed by atoms with E-state index in [-0.39, 0.29) is 12.2 Å². The van der Waals surface area contributed by atoms with Crippen LogP contribution in [0.15, 0.2) is 0 Å². The zero-order chi connectivity index (χ0) is 12.2. The number of ether oxygens (including phenoxy) is 2. The molecule has 0 heterocycles. The first-order valence-corrected chi connectivity index (χ1v) is 6.33. The first kappa shape index (κ1) is 15.7. The number of halogens is 1. The number of alkyl halides is 1. The van der Waals surface area contributed by atoms with Crippen LogP contribution in [0.5, 0.6) is 0 Å². The van der Waals surface area contributed by atoms with Crippen molar-refractivity contribution >= 4 is 17.5 Å². The summed E-state index contributed by atoms with van der Waals surface area (Å²) in [7, 11) is 0. The topological polar surface area (TPSA) is 47.6 Å². The summed E-state index contributed by atoms with van der Waals surface area (Å²) in [5.74, 6) is 0.628. The molecule has 1 amide bonds. The summed E-state index contributed by atoms with van der Waals surface area (Å²) in [6.45, 7) is 5.35. The Hall–Kier alpha value is -0.320. The standard InChI is InChI=1S/C11H22ClNO3/c1-3-15-11(16-4-2)9-13-10(14)7-5-6-8-12/h11H,3-9H2,1-2H3,(H,13,14). The third-order valence-electron chi connectivity index (χ3n) is 1.96. The van der Waals surface area contributed by atoms with Gasteiger partial charge < -0.3 is 14.8 Å². The van der Waals surface area contributed by atoms with Crippen LogP contribution in [-0.2, 0) is 14.3 Å². The zero-order valence-corrected chi connectivity index (χ0v) is 10.9. The number of hydrogen-bond acceptors (Lipinski definition) is 3. The predicted molar refractivity (Wildman–Crippen MR) is 64.6 cm³/mol. The van der Waals surface area contributed by atoms with E-state index in [1.54, 1.807) is 0 Å². The van der Waals surface area contributed by atoms with Gasteiger partial charge in [0.1, 0.15) is 0 Å². The van der Waals surface area contributed by atoms with Crippen LogP contribution in [0.25, 0.3) is 0 Å². The van der Waals surface area contributed by atoms with Crippen molar-refractivity contribution in [2.45, 2.75) is 39.4 Å². The van der Waals surface area contributed by atoms with Crippen LogP contribution in [-0.4, -0.2) is 37.8 Å². The average molecular weight is 252 g/mol. The third kappa shape index (κ3) is 8.95. The number of carbonyl (C=O) groups excluding carboxylic acids is 1. The van der Waals surface area contributed by atoms with Crippen molar-refractivity contribution in [1.29, 1.82) is 0 Å². The van der Waals surface area contributed by atoms with E-state index in [9.17, 15) is 4.79 Å². The Kier molecular flexibility index (Phi) is 11.0. The SMILES string of the molecule is CCOC(CNC(=O)CCCCCl)OCC. The molecule has 0 atom stereocenters. The fraction of sp³-hybridized carbons (Fsp3) is 0.909. The lowest BCUT2D eigenvalue weighted by molar-refractivity contribution is -0.140. The van der Waals surface area contributed by atoms with Crippen LogP contribution in [0.3, 0.4) is 0 Å². The lowest BCUT2D eigenvalue weighted by Crippen LogP contribution is -2.35. The van der Waals surface area contributed by atoms with Crippen molar-refractivity contribution in [3.8, 4) is 0 Å². The Labute approximate surface area is 103 Å². The van der Waals surface area contributed by atoms with Crippen molar-refractivity contribution in [1.82, 2.24) is 5.32 Å². The van der Waals surface area contributed by atoms with Crippen LogP contribution in [0.4, 0.5) is 0 Å². The van der Waals surface area contributed by atoms with Crippen LogP contribution in [0.2, 0.25) is 0 Å². The molecule has 0 bridgehead atoms. The van der Waals surface area contributed by atoms with Gasteiger partial charge in [0.15, 0.2) is 6.29 Å². The maximum Gasteiger partial charge on any atom is 0.220 e. The van der Waals surface area contributed by atoms with E-state index in [0.717, 1.165) is 12.8 Å². The van der Waals surface area contributed by atoms with Gasteiger partial charge in [0.25, 0.3) is 0 Å². The lowest BCUT2D eigenvalue weighted by Gasteiger charge is -2.17. The van der Waals surface area contributed by atoms with Crippen LogP contribution < -0.4 is 5.32 Å². The number of hydrogen-bond donors (Lipinski definition) is 1. The van der Waals surface area contributed by atoms with Crippen LogP contribution >= 0.6 is 11.6 Å². The van der Waals surface area contributed by atoms with Gasteiger partial charge in [-0.2, -0.15) is 0 Å². The molecule has 0 spiro atoms. The molecule has 0 saturated carbocycles. The normalized spacial score (nSPS) is 10.8. The molecule has 0 fully saturated rings. The lowest BCUT2D eigenvalue weighted by atomic mass is 10.2. The Bertz CT molecular complexity index is 173. The third-order valence-corrected chi connectivity index (χ3v) is 2.23. The second-order valence-corrected chi connectivity index (χ2v) is 3.67. The summed E-state index contributed by atoms with van der Waals surface area (Å²) in [6, 6.07) is 0. The van der Waals surface area contributed by atoms with E-state index < -0.39 is 0 Å². The highest BCUT2D eigenvalue weighted by Gasteiger charge is 2.09. The van der Waals surface area contributed by atoms with Crippen molar-refractivity contribution in [3.05, 3.63) is 0 Å². The Morgan fingerprint density at radius 3 is 2.38 bits per heavy atom. The highest BCUT2D eigenvalue weighted by Crippen LogP contribution is 1.98. The van der Waals surface area contributed by atoms with Crippen LogP contribution in [0.1, 0.15) is 33.1 Å². The number of carbonyl (C=O) groups is 1. The average Bonchev–Trinajstić information content (AvgIpc) is 2.27. The van der Waals surface area contributed by atoms with Crippen molar-refractivity contribution in [3.63, 3.8) is 0 Å². The number of rotatable bonds is 10. The molecule has 4 nitrogen and oxygen atoms in total. The first-order valence-electron chi connectivity index (χ1n) is 5.80. The molecule has 0 saturated heterocycles. The quantitative estimate of drug-likeness (QED) is 0.367. The molecule has 0 unspecified atom stereocenters. The molecule has 1 N–H and O–H groups in total. The summed E-state index contributed by atoms with van der Waals surface area (Å²) < 4.78 is 10.6. The number of unbranched alkanes of at least 4 members (excludes halogenated alkanes) is 1. The Morgan fingerprint density at radius 1 is 1.25 bits per heavy atom. The molecule has 16 heavy (non-hydrogen) atoms. The van der Waals surface area contributed by atoms with E-state index in [0.29, 0.717) is 32.1 Å². The van der Waals surface area contributed by atoms with Crippen molar-refractivity contribution in [2.24, 2.45) is 0 Å². The van der Waals surface area contributed by atoms with Gasteiger partial charge in [-0.3, -0.25) is 4.79 Å². The van der Waals surface area contributed by atoms with Gasteiger partial charge >= 0.3 is 0 Å². The summed E-state index contributed by atoms with van der Waals surface area (Å²) in [5.41, 5.74) is 0. The Morgan fingerprint density at radius 2 is 1.88 bits per heavy atom. The van der Waals surface area contributed by atoms with E-state index in [1.807, 2.05) is 13.8 Å². The molecule has 0 aromatic heterocycles. The molecule has 0 aliphatic heterocycles. The molecule has 0 aromatic rings. The summed E-state index contributed by atoms with van der Waals surface area (Å²) in [4.78, 5) is 11.4. The zero-order valence-electron chi connectivity index (χ0n) is 10.1. The van der Waals surface area contributed by atoms with Gasteiger partial charge in [-0.15, -0.1) is 11.6 Å². The summed E-state index contributed by atoms with van der Waals surface area (Å²) >= 11 is 5.52. The minimum atomic E-state index is -0.341. The maximum absolute atomic E-state index is 11.4. The van der Waals surface area contributed by atoms with Gasteiger partial charge in [-0.25, -0.2) is 0 Å². The largest absolute Gasteiger partial charge is 0.351 e. The smallest absolute Gasteiger partial charge is 0.220 e. The van der Waals surface area contributed by atoms with Gasteiger partial charge in [0.2, 0.25) is 5.91 Å². The number of nitrogens with one attached hydrogen (secondary N) is 1. The van der Waals surface area contributed by atoms with Crippen molar-refractivity contribution in [2.75, 3.05) is 25.6 Å². The van der Waals surface area contributed by atoms with Gasteiger partial charge in [-0.05, 0) is 26.7 Å². The molecular formula is C11H22ClNO3. The minimum Gasteiger partial charge on any atom is -0.351 e. The Balaban J connectivity index is 3.60. The fourth-order valence-electron chi connectivity index (χ4n) is 1.20. The monoisotopic (exact) mass is 251 g/mol. The van der Waals surface area contributed by atoms with E-state index in [1.165, 1.54) is 0 Å². The molecular weight excluding hydrogens is 230 g/mol. The summed E-state index contributed by atoms with van der Waals surface area (Å²) in [6.07, 6.45) is 1.86. The second-order valence-electron chi connectivity index (χ2n) is 3.29. The molecule has 5 heteroatoms. The molecule has 96 valence electrons. The highest BCUT2D eigenvalue weighted by molar-refractivity contribution is 6.17. The fourth-order valence-corrected chi connectivity index (χ4v) is 1.39. The minimum absolute atomic E-state index is 0.0227. The van der Waals surface area contributed by atoms with E-state index >= 15 is 0 Å². The van der Waals surface area contributed by atoms with E-state index in [4.69, 9.17) is 21.1 Å². The molecule has 0 aromatic carbocycles. The molecule has 0 rings (SSSR count). The van der Waals surface area contributed by atoms with E-state index in [2.05, 4.69) is 5.32 Å². The second kappa shape index (κ2) is 11.2.